The Morgan fingerprint density at radius 3 is 2.65 bits per heavy atom. The predicted octanol–water partition coefficient (Wildman–Crippen LogP) is 3.01. The van der Waals surface area contributed by atoms with E-state index in [0.29, 0.717) is 49.7 Å². The largest absolute Gasteiger partial charge is 0.450 e. The zero-order valence-corrected chi connectivity index (χ0v) is 29.3. The third-order valence-corrected chi connectivity index (χ3v) is 12.0. The second-order valence-electron chi connectivity index (χ2n) is 13.9. The van der Waals surface area contributed by atoms with Crippen LogP contribution in [0.25, 0.3) is 6.08 Å². The van der Waals surface area contributed by atoms with Crippen LogP contribution in [0.5, 0.6) is 0 Å². The molecule has 3 N–H and O–H groups in total. The molecular weight excluding hydrogens is 685 g/mol. The summed E-state index contributed by atoms with van der Waals surface area (Å²) in [5.74, 6) is -3.26. The molecule has 3 aliphatic heterocycles. The van der Waals surface area contributed by atoms with E-state index in [9.17, 15) is 36.8 Å². The van der Waals surface area contributed by atoms with Crippen LogP contribution in [0.3, 0.4) is 0 Å². The van der Waals surface area contributed by atoms with Gasteiger partial charge in [0.05, 0.1) is 31.5 Å². The van der Waals surface area contributed by atoms with Gasteiger partial charge in [0.1, 0.15) is 29.5 Å². The highest BCUT2D eigenvalue weighted by molar-refractivity contribution is 7.91. The van der Waals surface area contributed by atoms with Crippen LogP contribution in [-0.4, -0.2) is 90.3 Å². The van der Waals surface area contributed by atoms with Crippen molar-refractivity contribution in [3.05, 3.63) is 53.4 Å². The molecular formula is C35H44FN5O9S. The standard InChI is InChI=1S/C35H44FN5O9S/c1-3-5-10-28-31(43)41-18-23(16-29(41)30(42)38-35(17-22(35)4-2)32(44)39-51(47,48)24-12-13-24)50-34(46)40-19-25-21(11-14-27(36)26(25)20-40)9-7-6-8-15-49-33(45)37-28/h4,7,9,11,14,22-24,28-29H,2-3,5-6,8,10,12-13,15-20H2,1H3,(H,37,45)(H,38,42)(H,39,44)/b9-7+/t22-,23-,28+,29+,35-/m1/s1. The van der Waals surface area contributed by atoms with Gasteiger partial charge in [0.15, 0.2) is 0 Å². The number of benzene rings is 1. The van der Waals surface area contributed by atoms with E-state index in [4.69, 9.17) is 9.47 Å². The van der Waals surface area contributed by atoms with Gasteiger partial charge in [0, 0.05) is 17.9 Å². The lowest BCUT2D eigenvalue weighted by atomic mass is 10.0. The molecule has 14 nitrogen and oxygen atoms in total. The average molecular weight is 730 g/mol. The second kappa shape index (κ2) is 14.6. The van der Waals surface area contributed by atoms with Gasteiger partial charge >= 0.3 is 12.2 Å². The molecule has 4 bridgehead atoms. The molecule has 51 heavy (non-hydrogen) atoms. The summed E-state index contributed by atoms with van der Waals surface area (Å²) >= 11 is 0. The van der Waals surface area contributed by atoms with Crippen LogP contribution < -0.4 is 15.4 Å². The van der Waals surface area contributed by atoms with Crippen molar-refractivity contribution >= 4 is 46.0 Å². The van der Waals surface area contributed by atoms with E-state index in [1.807, 2.05) is 19.1 Å². The van der Waals surface area contributed by atoms with Crippen molar-refractivity contribution in [2.75, 3.05) is 13.2 Å². The lowest BCUT2D eigenvalue weighted by Crippen LogP contribution is -2.58. The van der Waals surface area contributed by atoms with Crippen molar-refractivity contribution in [1.82, 2.24) is 25.2 Å². The molecule has 276 valence electrons. The zero-order valence-electron chi connectivity index (χ0n) is 28.5. The minimum absolute atomic E-state index is 0.0236. The van der Waals surface area contributed by atoms with Crippen molar-refractivity contribution in [2.45, 2.75) is 107 Å². The number of ether oxygens (including phenoxy) is 2. The fraction of sp³-hybridized carbons (Fsp3) is 0.571. The smallest absolute Gasteiger partial charge is 0.410 e. The molecule has 2 aliphatic carbocycles. The number of carbonyl (C=O) groups is 5. The van der Waals surface area contributed by atoms with Crippen molar-refractivity contribution in [1.29, 1.82) is 0 Å². The summed E-state index contributed by atoms with van der Waals surface area (Å²) in [5, 5.41) is 4.67. The van der Waals surface area contributed by atoms with E-state index < -0.39 is 80.6 Å². The summed E-state index contributed by atoms with van der Waals surface area (Å²) < 4.78 is 53.4. The molecule has 5 atom stereocenters. The minimum atomic E-state index is -3.92. The Balaban J connectivity index is 1.27. The Morgan fingerprint density at radius 2 is 1.94 bits per heavy atom. The highest BCUT2D eigenvalue weighted by atomic mass is 32.2. The van der Waals surface area contributed by atoms with Crippen LogP contribution in [-0.2, 0) is 47.0 Å². The van der Waals surface area contributed by atoms with Gasteiger partial charge in [-0.25, -0.2) is 22.4 Å². The lowest BCUT2D eigenvalue weighted by molar-refractivity contribution is -0.141. The number of hydrogen-bond acceptors (Lipinski definition) is 9. The molecule has 0 aromatic heterocycles. The third-order valence-electron chi connectivity index (χ3n) is 10.2. The minimum Gasteiger partial charge on any atom is -0.450 e. The van der Waals surface area contributed by atoms with Crippen molar-refractivity contribution in [2.24, 2.45) is 5.92 Å². The van der Waals surface area contributed by atoms with E-state index in [-0.39, 0.29) is 45.5 Å². The van der Waals surface area contributed by atoms with Gasteiger partial charge < -0.3 is 25.0 Å². The summed E-state index contributed by atoms with van der Waals surface area (Å²) in [6, 6.07) is 0.664. The molecule has 0 spiro atoms. The van der Waals surface area contributed by atoms with Gasteiger partial charge in [0.25, 0.3) is 5.91 Å². The van der Waals surface area contributed by atoms with Gasteiger partial charge in [0.2, 0.25) is 21.8 Å². The number of allylic oxidation sites excluding steroid dienone is 1. The molecule has 1 aromatic rings. The maximum atomic E-state index is 14.9. The first-order valence-electron chi connectivity index (χ1n) is 17.5. The van der Waals surface area contributed by atoms with Gasteiger partial charge in [-0.2, -0.15) is 0 Å². The van der Waals surface area contributed by atoms with Crippen molar-refractivity contribution in [3.63, 3.8) is 0 Å². The number of carbonyl (C=O) groups excluding carboxylic acids is 5. The number of amides is 5. The van der Waals surface area contributed by atoms with E-state index in [2.05, 4.69) is 21.9 Å². The predicted molar refractivity (Wildman–Crippen MR) is 181 cm³/mol. The highest BCUT2D eigenvalue weighted by Crippen LogP contribution is 2.45. The molecule has 0 radical (unpaired) electrons. The fourth-order valence-electron chi connectivity index (χ4n) is 7.00. The number of nitrogens with one attached hydrogen (secondary N) is 3. The monoisotopic (exact) mass is 729 g/mol. The number of sulfonamides is 1. The quantitative estimate of drug-likeness (QED) is 0.322. The second-order valence-corrected chi connectivity index (χ2v) is 15.9. The Hall–Kier alpha value is -4.47. The maximum absolute atomic E-state index is 14.9. The van der Waals surface area contributed by atoms with E-state index >= 15 is 0 Å². The first kappa shape index (κ1) is 36.3. The molecule has 6 rings (SSSR count). The summed E-state index contributed by atoms with van der Waals surface area (Å²) in [6.45, 7) is 5.59. The lowest BCUT2D eigenvalue weighted by Gasteiger charge is -2.29. The molecule has 1 aromatic carbocycles. The summed E-state index contributed by atoms with van der Waals surface area (Å²) in [7, 11) is -3.92. The molecule has 0 unspecified atom stereocenters. The van der Waals surface area contributed by atoms with E-state index in [1.54, 1.807) is 6.07 Å². The van der Waals surface area contributed by atoms with Crippen LogP contribution in [0.4, 0.5) is 14.0 Å². The molecule has 5 amide bonds. The van der Waals surface area contributed by atoms with Crippen LogP contribution in [0.15, 0.2) is 30.9 Å². The Bertz CT molecular complexity index is 1750. The zero-order chi connectivity index (χ0) is 36.5. The number of fused-ring (bicyclic) bond motifs is 3. The molecule has 3 heterocycles. The number of unbranched alkanes of at least 4 members (excludes halogenated alkanes) is 1. The molecule has 1 saturated heterocycles. The van der Waals surface area contributed by atoms with Crippen LogP contribution in [0, 0.1) is 11.7 Å². The number of hydrogen-bond donors (Lipinski definition) is 3. The number of rotatable bonds is 9. The Morgan fingerprint density at radius 1 is 1.18 bits per heavy atom. The van der Waals surface area contributed by atoms with E-state index in [1.165, 1.54) is 21.9 Å². The van der Waals surface area contributed by atoms with Crippen molar-refractivity contribution < 1.29 is 46.3 Å². The first-order valence-corrected chi connectivity index (χ1v) is 19.1. The molecule has 3 fully saturated rings. The van der Waals surface area contributed by atoms with Crippen molar-refractivity contribution in [3.8, 4) is 0 Å². The molecule has 16 heteroatoms. The first-order chi connectivity index (χ1) is 24.4. The van der Waals surface area contributed by atoms with Gasteiger partial charge in [-0.05, 0) is 55.7 Å². The highest BCUT2D eigenvalue weighted by Gasteiger charge is 2.62. The van der Waals surface area contributed by atoms with Gasteiger partial charge in [-0.15, -0.1) is 6.58 Å². The SMILES string of the molecule is C=C[C@@H]1C[C@]1(NC(=O)[C@@H]1C[C@@H]2CN1C(=O)[C@H](CCCC)NC(=O)OCCC/C=C/c1ccc(F)c3c1CN(C3)C(=O)O2)C(=O)NS(=O)(=O)C1CC1. The van der Waals surface area contributed by atoms with Crippen LogP contribution >= 0.6 is 0 Å². The molecule has 2 saturated carbocycles. The van der Waals surface area contributed by atoms with Crippen LogP contribution in [0.2, 0.25) is 0 Å². The number of halogens is 1. The van der Waals surface area contributed by atoms with Gasteiger partial charge in [-0.1, -0.05) is 44.1 Å². The summed E-state index contributed by atoms with van der Waals surface area (Å²) in [5.41, 5.74) is 0.157. The van der Waals surface area contributed by atoms with Crippen LogP contribution in [0.1, 0.15) is 81.4 Å². The number of nitrogens with zero attached hydrogens (tertiary/aromatic N) is 2. The Kier molecular flexibility index (Phi) is 10.4. The number of cyclic esters (lactones) is 1. The Labute approximate surface area is 296 Å². The average Bonchev–Trinajstić information content (AvgIpc) is 3.98. The van der Waals surface area contributed by atoms with Gasteiger partial charge in [-0.3, -0.25) is 24.0 Å². The summed E-state index contributed by atoms with van der Waals surface area (Å²) in [4.78, 5) is 70.5. The fourth-order valence-corrected chi connectivity index (χ4v) is 8.36. The maximum Gasteiger partial charge on any atom is 0.410 e. The number of alkyl carbamates (subject to hydrolysis) is 1. The molecule has 5 aliphatic rings. The topological polar surface area (TPSA) is 181 Å². The van der Waals surface area contributed by atoms with E-state index in [0.717, 1.165) is 5.56 Å². The summed E-state index contributed by atoms with van der Waals surface area (Å²) in [6.07, 6.45) is 6.03. The normalized spacial score (nSPS) is 28.7. The third kappa shape index (κ3) is 7.75.